The van der Waals surface area contributed by atoms with E-state index in [2.05, 4.69) is 4.98 Å². The number of anilines is 1. The quantitative estimate of drug-likeness (QED) is 0.234. The molecule has 2 aromatic carbocycles. The summed E-state index contributed by atoms with van der Waals surface area (Å²) in [4.78, 5) is 56.0. The normalized spacial score (nSPS) is 14.9. The van der Waals surface area contributed by atoms with E-state index in [0.29, 0.717) is 16.6 Å². The van der Waals surface area contributed by atoms with Crippen molar-refractivity contribution in [1.29, 1.82) is 0 Å². The summed E-state index contributed by atoms with van der Waals surface area (Å²) in [5.41, 5.74) is 1.51. The molecule has 0 fully saturated rings. The van der Waals surface area contributed by atoms with E-state index < -0.39 is 22.8 Å². The van der Waals surface area contributed by atoms with Gasteiger partial charge in [-0.25, -0.2) is 9.78 Å². The second kappa shape index (κ2) is 8.13. The number of hydrogen-bond donors (Lipinski definition) is 0. The lowest BCUT2D eigenvalue weighted by molar-refractivity contribution is -0.384. The van der Waals surface area contributed by atoms with Gasteiger partial charge in [0.15, 0.2) is 10.6 Å². The summed E-state index contributed by atoms with van der Waals surface area (Å²) in [5.74, 6) is -1.34. The zero-order valence-electron chi connectivity index (χ0n) is 18.7. The summed E-state index contributed by atoms with van der Waals surface area (Å²) < 4.78 is 10.7. The van der Waals surface area contributed by atoms with E-state index in [9.17, 15) is 24.5 Å². The van der Waals surface area contributed by atoms with Crippen LogP contribution in [0.5, 0.6) is 0 Å². The van der Waals surface area contributed by atoms with Crippen LogP contribution in [0.25, 0.3) is 11.0 Å². The molecule has 4 aromatic rings. The number of rotatable bonds is 4. The summed E-state index contributed by atoms with van der Waals surface area (Å²) in [5, 5.41) is 11.6. The van der Waals surface area contributed by atoms with Crippen LogP contribution in [-0.2, 0) is 4.74 Å². The second-order valence-electron chi connectivity index (χ2n) is 8.00. The molecule has 1 amide bonds. The molecule has 0 N–H and O–H groups in total. The van der Waals surface area contributed by atoms with E-state index in [4.69, 9.17) is 9.15 Å². The van der Waals surface area contributed by atoms with Crippen molar-refractivity contribution in [2.45, 2.75) is 19.9 Å². The first kappa shape index (κ1) is 22.4. The highest BCUT2D eigenvalue weighted by molar-refractivity contribution is 7.17. The molecule has 1 atom stereocenters. The molecule has 2 aromatic heterocycles. The maximum absolute atomic E-state index is 13.6. The minimum Gasteiger partial charge on any atom is -0.465 e. The second-order valence-corrected chi connectivity index (χ2v) is 8.98. The topological polar surface area (TPSA) is 133 Å². The predicted molar refractivity (Wildman–Crippen MR) is 127 cm³/mol. The largest absolute Gasteiger partial charge is 0.465 e. The number of thiazole rings is 1. The molecule has 0 bridgehead atoms. The van der Waals surface area contributed by atoms with Gasteiger partial charge in [0.2, 0.25) is 5.76 Å². The molecule has 0 saturated heterocycles. The number of esters is 1. The van der Waals surface area contributed by atoms with Crippen LogP contribution < -0.4 is 10.3 Å². The summed E-state index contributed by atoms with van der Waals surface area (Å²) in [6, 6.07) is 9.70. The van der Waals surface area contributed by atoms with Crippen LogP contribution in [0.3, 0.4) is 0 Å². The number of carbonyl (C=O) groups is 2. The standard InChI is InChI=1S/C24H17N3O7S/c1-11-4-9-16-15(10-11)19(28)17-18(13-5-7-14(8-6-13)27(31)32)26(22(29)20(17)34-16)24-25-12(2)21(35-24)23(30)33-3/h4-10,18H,1-3H3. The van der Waals surface area contributed by atoms with Gasteiger partial charge in [-0.1, -0.05) is 23.0 Å². The van der Waals surface area contributed by atoms with Crippen molar-refractivity contribution in [2.75, 3.05) is 12.0 Å². The number of fused-ring (bicyclic) bond motifs is 2. The minimum absolute atomic E-state index is 0.106. The van der Waals surface area contributed by atoms with E-state index in [1.165, 1.54) is 36.3 Å². The molecule has 1 aliphatic rings. The number of aromatic nitrogens is 1. The van der Waals surface area contributed by atoms with Gasteiger partial charge in [0, 0.05) is 12.1 Å². The monoisotopic (exact) mass is 491 g/mol. The highest BCUT2D eigenvalue weighted by atomic mass is 32.1. The molecule has 1 aliphatic heterocycles. The molecular formula is C24H17N3O7S. The first-order valence-corrected chi connectivity index (χ1v) is 11.2. The number of hydrogen-bond acceptors (Lipinski definition) is 9. The van der Waals surface area contributed by atoms with Crippen molar-refractivity contribution in [3.63, 3.8) is 0 Å². The van der Waals surface area contributed by atoms with Gasteiger partial charge < -0.3 is 9.15 Å². The Bertz CT molecular complexity index is 1600. The summed E-state index contributed by atoms with van der Waals surface area (Å²) >= 11 is 0.950. The molecule has 0 aliphatic carbocycles. The maximum atomic E-state index is 13.6. The highest BCUT2D eigenvalue weighted by Crippen LogP contribution is 2.43. The Kier molecular flexibility index (Phi) is 5.21. The van der Waals surface area contributed by atoms with E-state index in [1.807, 2.05) is 6.92 Å². The number of methoxy groups -OCH3 is 1. The van der Waals surface area contributed by atoms with Crippen molar-refractivity contribution in [3.05, 3.63) is 95.8 Å². The molecule has 11 heteroatoms. The fourth-order valence-electron chi connectivity index (χ4n) is 4.15. The van der Waals surface area contributed by atoms with Crippen molar-refractivity contribution in [3.8, 4) is 0 Å². The molecule has 0 saturated carbocycles. The van der Waals surface area contributed by atoms with Gasteiger partial charge in [-0.05, 0) is 43.7 Å². The van der Waals surface area contributed by atoms with Crippen LogP contribution in [0.15, 0.2) is 51.7 Å². The van der Waals surface area contributed by atoms with Gasteiger partial charge in [-0.15, -0.1) is 0 Å². The van der Waals surface area contributed by atoms with Gasteiger partial charge >= 0.3 is 5.97 Å². The number of amides is 1. The Hall–Kier alpha value is -4.38. The van der Waals surface area contributed by atoms with Crippen molar-refractivity contribution in [1.82, 2.24) is 4.98 Å². The fraction of sp³-hybridized carbons (Fsp3) is 0.167. The van der Waals surface area contributed by atoms with Gasteiger partial charge in [-0.3, -0.25) is 24.6 Å². The van der Waals surface area contributed by atoms with E-state index in [1.54, 1.807) is 25.1 Å². The lowest BCUT2D eigenvalue weighted by Gasteiger charge is -2.22. The molecular weight excluding hydrogens is 474 g/mol. The average molecular weight is 491 g/mol. The van der Waals surface area contributed by atoms with E-state index in [-0.39, 0.29) is 38.0 Å². The number of benzene rings is 2. The molecule has 176 valence electrons. The van der Waals surface area contributed by atoms with Crippen LogP contribution in [0.4, 0.5) is 10.8 Å². The Morgan fingerprint density at radius 2 is 1.89 bits per heavy atom. The smallest absolute Gasteiger partial charge is 0.350 e. The van der Waals surface area contributed by atoms with Crippen LogP contribution in [0.1, 0.15) is 48.7 Å². The first-order valence-electron chi connectivity index (χ1n) is 10.4. The number of nitrogens with zero attached hydrogens (tertiary/aromatic N) is 3. The number of non-ortho nitro benzene ring substituents is 1. The summed E-state index contributed by atoms with van der Waals surface area (Å²) in [6.45, 7) is 3.45. The molecule has 1 unspecified atom stereocenters. The van der Waals surface area contributed by atoms with Crippen LogP contribution in [0.2, 0.25) is 0 Å². The van der Waals surface area contributed by atoms with E-state index in [0.717, 1.165) is 16.9 Å². The Labute approximate surface area is 201 Å². The predicted octanol–water partition coefficient (Wildman–Crippen LogP) is 4.31. The summed E-state index contributed by atoms with van der Waals surface area (Å²) in [6.07, 6.45) is 0. The zero-order valence-corrected chi connectivity index (χ0v) is 19.5. The zero-order chi connectivity index (χ0) is 25.0. The molecule has 5 rings (SSSR count). The lowest BCUT2D eigenvalue weighted by Crippen LogP contribution is -2.29. The fourth-order valence-corrected chi connectivity index (χ4v) is 5.16. The third-order valence-electron chi connectivity index (χ3n) is 5.81. The Balaban J connectivity index is 1.77. The molecule has 35 heavy (non-hydrogen) atoms. The minimum atomic E-state index is -0.962. The first-order chi connectivity index (χ1) is 16.7. The third-order valence-corrected chi connectivity index (χ3v) is 6.94. The Morgan fingerprint density at radius 1 is 1.17 bits per heavy atom. The average Bonchev–Trinajstić information content (AvgIpc) is 3.36. The third kappa shape index (κ3) is 3.48. The van der Waals surface area contributed by atoms with Gasteiger partial charge in [0.05, 0.1) is 34.7 Å². The van der Waals surface area contributed by atoms with Gasteiger partial charge in [-0.2, -0.15) is 0 Å². The van der Waals surface area contributed by atoms with Crippen molar-refractivity contribution < 1.29 is 23.7 Å². The highest BCUT2D eigenvalue weighted by Gasteiger charge is 2.45. The van der Waals surface area contributed by atoms with Crippen LogP contribution in [-0.4, -0.2) is 28.9 Å². The molecule has 3 heterocycles. The number of carbonyl (C=O) groups excluding carboxylic acids is 2. The lowest BCUT2D eigenvalue weighted by atomic mass is 9.98. The summed E-state index contributed by atoms with van der Waals surface area (Å²) in [7, 11) is 1.24. The number of aryl methyl sites for hydroxylation is 2. The molecule has 0 spiro atoms. The Morgan fingerprint density at radius 3 is 2.54 bits per heavy atom. The SMILES string of the molecule is COC(=O)c1sc(N2C(=O)c3oc4ccc(C)cc4c(=O)c3C2c2ccc([N+](=O)[O-])cc2)nc1C. The van der Waals surface area contributed by atoms with Crippen molar-refractivity contribution in [2.24, 2.45) is 0 Å². The number of ether oxygens (including phenoxy) is 1. The maximum Gasteiger partial charge on any atom is 0.350 e. The molecule has 0 radical (unpaired) electrons. The van der Waals surface area contributed by atoms with Crippen molar-refractivity contribution >= 4 is 45.0 Å². The van der Waals surface area contributed by atoms with E-state index >= 15 is 0 Å². The van der Waals surface area contributed by atoms with Crippen LogP contribution in [0, 0.1) is 24.0 Å². The van der Waals surface area contributed by atoms with Gasteiger partial charge in [0.25, 0.3) is 11.6 Å². The number of nitro benzene ring substituents is 1. The van der Waals surface area contributed by atoms with Crippen LogP contribution >= 0.6 is 11.3 Å². The molecule has 10 nitrogen and oxygen atoms in total. The number of nitro groups is 1. The van der Waals surface area contributed by atoms with Gasteiger partial charge in [0.1, 0.15) is 10.5 Å².